The van der Waals surface area contributed by atoms with Gasteiger partial charge in [0.25, 0.3) is 0 Å². The summed E-state index contributed by atoms with van der Waals surface area (Å²) < 4.78 is 5.41. The number of rotatable bonds is 11. The highest BCUT2D eigenvalue weighted by Crippen LogP contribution is 2.44. The van der Waals surface area contributed by atoms with Crippen LogP contribution in [0.3, 0.4) is 0 Å². The molecule has 2 amide bonds. The molecule has 1 aliphatic carbocycles. The smallest absolute Gasteiger partial charge is 0.407 e. The average molecular weight is 453 g/mol. The third-order valence-electron chi connectivity index (χ3n) is 5.62. The van der Waals surface area contributed by atoms with Gasteiger partial charge >= 0.3 is 12.1 Å². The molecule has 0 radical (unpaired) electrons. The molecule has 2 aromatic carbocycles. The van der Waals surface area contributed by atoms with Crippen molar-refractivity contribution in [2.24, 2.45) is 0 Å². The summed E-state index contributed by atoms with van der Waals surface area (Å²) in [4.78, 5) is 36.3. The minimum Gasteiger partial charge on any atom is -0.481 e. The first-order chi connectivity index (χ1) is 15.9. The standard InChI is InChI=1S/C25H28N2O6/c1-2-3-8-16(14-28)26-24(31)22(13-23(29)30)27-25(32)33-15-21-19-11-6-4-9-17(19)18-10-5-7-12-20(18)21/h2,4-7,9-12,16,21-22,28H,1,3,8,13-15H2,(H,26,31)(H,27,32)(H,29,30). The van der Waals surface area contributed by atoms with Gasteiger partial charge in [0.15, 0.2) is 0 Å². The first-order valence-electron chi connectivity index (χ1n) is 10.8. The lowest BCUT2D eigenvalue weighted by atomic mass is 9.98. The number of amides is 2. The molecule has 0 saturated carbocycles. The number of hydrogen-bond acceptors (Lipinski definition) is 5. The van der Waals surface area contributed by atoms with Crippen molar-refractivity contribution in [2.45, 2.75) is 37.3 Å². The maximum Gasteiger partial charge on any atom is 0.407 e. The van der Waals surface area contributed by atoms with Crippen LogP contribution in [0.1, 0.15) is 36.3 Å². The number of benzene rings is 2. The summed E-state index contributed by atoms with van der Waals surface area (Å²) >= 11 is 0. The highest BCUT2D eigenvalue weighted by Gasteiger charge is 2.30. The molecule has 2 atom stereocenters. The lowest BCUT2D eigenvalue weighted by molar-refractivity contribution is -0.140. The van der Waals surface area contributed by atoms with Crippen molar-refractivity contribution in [1.82, 2.24) is 10.6 Å². The van der Waals surface area contributed by atoms with Crippen LogP contribution in [0.2, 0.25) is 0 Å². The second-order valence-electron chi connectivity index (χ2n) is 7.87. The molecule has 8 heteroatoms. The summed E-state index contributed by atoms with van der Waals surface area (Å²) in [7, 11) is 0. The van der Waals surface area contributed by atoms with Crippen molar-refractivity contribution in [3.63, 3.8) is 0 Å². The molecule has 1 aliphatic rings. The lowest BCUT2D eigenvalue weighted by Crippen LogP contribution is -2.51. The number of aliphatic hydroxyl groups excluding tert-OH is 1. The summed E-state index contributed by atoms with van der Waals surface area (Å²) in [5.74, 6) is -2.11. The number of aliphatic carboxylic acids is 1. The number of alkyl carbamates (subject to hydrolysis) is 1. The first kappa shape index (κ1) is 24.0. The summed E-state index contributed by atoms with van der Waals surface area (Å²) in [5, 5.41) is 23.5. The molecule has 3 rings (SSSR count). The van der Waals surface area contributed by atoms with E-state index in [0.717, 1.165) is 22.3 Å². The summed E-state index contributed by atoms with van der Waals surface area (Å²) in [6, 6.07) is 13.9. The van der Waals surface area contributed by atoms with Gasteiger partial charge in [0.05, 0.1) is 19.1 Å². The molecule has 0 saturated heterocycles. The zero-order chi connectivity index (χ0) is 23.8. The molecule has 0 aromatic heterocycles. The van der Waals surface area contributed by atoms with Gasteiger partial charge in [-0.3, -0.25) is 9.59 Å². The Balaban J connectivity index is 1.64. The molecular formula is C25H28N2O6. The Labute approximate surface area is 192 Å². The van der Waals surface area contributed by atoms with E-state index in [-0.39, 0.29) is 19.1 Å². The van der Waals surface area contributed by atoms with E-state index in [0.29, 0.717) is 12.8 Å². The SMILES string of the molecule is C=CCCC(CO)NC(=O)C(CC(=O)O)NC(=O)OCC1c2ccccc2-c2ccccc21. The average Bonchev–Trinajstić information content (AvgIpc) is 3.13. The summed E-state index contributed by atoms with van der Waals surface area (Å²) in [6.07, 6.45) is 1.16. The number of nitrogens with one attached hydrogen (secondary N) is 2. The molecule has 2 aromatic rings. The fourth-order valence-corrected chi connectivity index (χ4v) is 4.00. The molecule has 0 aliphatic heterocycles. The summed E-state index contributed by atoms with van der Waals surface area (Å²) in [6.45, 7) is 3.32. The third-order valence-corrected chi connectivity index (χ3v) is 5.62. The number of allylic oxidation sites excluding steroid dienone is 1. The monoisotopic (exact) mass is 452 g/mol. The van der Waals surface area contributed by atoms with Crippen LogP contribution >= 0.6 is 0 Å². The second kappa shape index (κ2) is 11.3. The molecule has 4 N–H and O–H groups in total. The van der Waals surface area contributed by atoms with E-state index in [1.54, 1.807) is 6.08 Å². The fraction of sp³-hybridized carbons (Fsp3) is 0.320. The number of aliphatic hydroxyl groups is 1. The predicted octanol–water partition coefficient (Wildman–Crippen LogP) is 2.81. The highest BCUT2D eigenvalue weighted by molar-refractivity contribution is 5.89. The van der Waals surface area contributed by atoms with Crippen LogP contribution in [0.5, 0.6) is 0 Å². The number of fused-ring (bicyclic) bond motifs is 3. The Bertz CT molecular complexity index is 976. The van der Waals surface area contributed by atoms with Crippen LogP contribution in [0.25, 0.3) is 11.1 Å². The molecule has 33 heavy (non-hydrogen) atoms. The Morgan fingerprint density at radius 1 is 1.03 bits per heavy atom. The van der Waals surface area contributed by atoms with Gasteiger partial charge in [-0.05, 0) is 35.1 Å². The Morgan fingerprint density at radius 2 is 1.64 bits per heavy atom. The Kier molecular flexibility index (Phi) is 8.21. The van der Waals surface area contributed by atoms with E-state index < -0.39 is 36.5 Å². The van der Waals surface area contributed by atoms with Crippen molar-refractivity contribution in [2.75, 3.05) is 13.2 Å². The number of carbonyl (C=O) groups excluding carboxylic acids is 2. The molecule has 174 valence electrons. The van der Waals surface area contributed by atoms with Crippen LogP contribution in [0.4, 0.5) is 4.79 Å². The number of carbonyl (C=O) groups is 3. The normalized spacial score (nSPS) is 13.8. The van der Waals surface area contributed by atoms with Gasteiger partial charge in [0, 0.05) is 5.92 Å². The Hall–Kier alpha value is -3.65. The number of ether oxygens (including phenoxy) is 1. The molecule has 0 bridgehead atoms. The minimum atomic E-state index is -1.34. The van der Waals surface area contributed by atoms with Crippen LogP contribution < -0.4 is 10.6 Å². The largest absolute Gasteiger partial charge is 0.481 e. The predicted molar refractivity (Wildman–Crippen MR) is 123 cm³/mol. The van der Waals surface area contributed by atoms with Gasteiger partial charge in [0.2, 0.25) is 5.91 Å². The lowest BCUT2D eigenvalue weighted by Gasteiger charge is -2.21. The van der Waals surface area contributed by atoms with E-state index in [9.17, 15) is 19.5 Å². The fourth-order valence-electron chi connectivity index (χ4n) is 4.00. The molecule has 8 nitrogen and oxygen atoms in total. The van der Waals surface area contributed by atoms with Crippen molar-refractivity contribution in [3.8, 4) is 11.1 Å². The van der Waals surface area contributed by atoms with Crippen LogP contribution in [0, 0.1) is 0 Å². The van der Waals surface area contributed by atoms with E-state index in [4.69, 9.17) is 9.84 Å². The van der Waals surface area contributed by atoms with Gasteiger partial charge in [0.1, 0.15) is 12.6 Å². The van der Waals surface area contributed by atoms with Gasteiger partial charge in [-0.2, -0.15) is 0 Å². The van der Waals surface area contributed by atoms with Crippen LogP contribution in [0.15, 0.2) is 61.2 Å². The van der Waals surface area contributed by atoms with E-state index >= 15 is 0 Å². The van der Waals surface area contributed by atoms with E-state index in [1.807, 2.05) is 48.5 Å². The van der Waals surface area contributed by atoms with E-state index in [2.05, 4.69) is 17.2 Å². The van der Waals surface area contributed by atoms with E-state index in [1.165, 1.54) is 0 Å². The molecule has 2 unspecified atom stereocenters. The zero-order valence-corrected chi connectivity index (χ0v) is 18.2. The first-order valence-corrected chi connectivity index (χ1v) is 10.8. The van der Waals surface area contributed by atoms with Crippen molar-refractivity contribution < 1.29 is 29.3 Å². The second-order valence-corrected chi connectivity index (χ2v) is 7.87. The number of carboxylic acid groups (broad SMARTS) is 1. The quantitative estimate of drug-likeness (QED) is 0.389. The van der Waals surface area contributed by atoms with Crippen molar-refractivity contribution >= 4 is 18.0 Å². The van der Waals surface area contributed by atoms with Gasteiger partial charge in [-0.1, -0.05) is 54.6 Å². The third kappa shape index (κ3) is 5.98. The minimum absolute atomic E-state index is 0.0415. The highest BCUT2D eigenvalue weighted by atomic mass is 16.5. The maximum atomic E-state index is 12.6. The molecule has 0 spiro atoms. The maximum absolute atomic E-state index is 12.6. The topological polar surface area (TPSA) is 125 Å². The molecule has 0 heterocycles. The zero-order valence-electron chi connectivity index (χ0n) is 18.2. The Morgan fingerprint density at radius 3 is 2.18 bits per heavy atom. The number of hydrogen-bond donors (Lipinski definition) is 4. The molecule has 0 fully saturated rings. The van der Waals surface area contributed by atoms with Gasteiger partial charge < -0.3 is 25.6 Å². The van der Waals surface area contributed by atoms with Crippen LogP contribution in [-0.4, -0.2) is 53.5 Å². The van der Waals surface area contributed by atoms with Crippen molar-refractivity contribution in [1.29, 1.82) is 0 Å². The number of carboxylic acids is 1. The van der Waals surface area contributed by atoms with Crippen molar-refractivity contribution in [3.05, 3.63) is 72.3 Å². The summed E-state index contributed by atoms with van der Waals surface area (Å²) in [5.41, 5.74) is 4.25. The van der Waals surface area contributed by atoms with Gasteiger partial charge in [-0.25, -0.2) is 4.79 Å². The molecular weight excluding hydrogens is 424 g/mol. The van der Waals surface area contributed by atoms with Gasteiger partial charge in [-0.15, -0.1) is 6.58 Å². The van der Waals surface area contributed by atoms with Crippen LogP contribution in [-0.2, 0) is 14.3 Å².